The quantitative estimate of drug-likeness (QED) is 0.777. The van der Waals surface area contributed by atoms with Crippen molar-refractivity contribution in [1.29, 1.82) is 0 Å². The molecule has 23 heavy (non-hydrogen) atoms. The molecule has 1 amide bonds. The van der Waals surface area contributed by atoms with Crippen LogP contribution in [0.1, 0.15) is 5.56 Å². The third-order valence-corrected chi connectivity index (χ3v) is 4.84. The number of carbonyl (C=O) groups is 1. The van der Waals surface area contributed by atoms with E-state index in [0.29, 0.717) is 42.2 Å². The minimum Gasteiger partial charge on any atom is -0.378 e. The zero-order valence-corrected chi connectivity index (χ0v) is 14.2. The lowest BCUT2D eigenvalue weighted by Gasteiger charge is -2.26. The largest absolute Gasteiger partial charge is 0.378 e. The van der Waals surface area contributed by atoms with Gasteiger partial charge in [0.15, 0.2) is 0 Å². The Labute approximate surface area is 142 Å². The molecule has 0 saturated carbocycles. The van der Waals surface area contributed by atoms with Crippen LogP contribution in [-0.2, 0) is 9.53 Å². The van der Waals surface area contributed by atoms with E-state index >= 15 is 0 Å². The van der Waals surface area contributed by atoms with Crippen molar-refractivity contribution in [2.75, 3.05) is 32.1 Å². The lowest BCUT2D eigenvalue weighted by Crippen LogP contribution is -2.41. The monoisotopic (exact) mass is 353 g/mol. The molecule has 0 radical (unpaired) electrons. The number of hydrogen-bond donors (Lipinski definition) is 0. The number of ether oxygens (including phenoxy) is 1. The molecule has 1 fully saturated rings. The first-order valence-corrected chi connectivity index (χ1v) is 8.55. The number of carbonyl (C=O) groups excluding carboxylic acids is 1. The van der Waals surface area contributed by atoms with Gasteiger partial charge >= 0.3 is 0 Å². The van der Waals surface area contributed by atoms with Crippen molar-refractivity contribution in [2.45, 2.75) is 12.1 Å². The van der Waals surface area contributed by atoms with Crippen LogP contribution in [0.5, 0.6) is 0 Å². The highest BCUT2D eigenvalue weighted by Gasteiger charge is 2.18. The third-order valence-electron chi connectivity index (χ3n) is 3.53. The molecule has 1 aromatic heterocycles. The van der Waals surface area contributed by atoms with E-state index < -0.39 is 0 Å². The Morgan fingerprint density at radius 1 is 1.39 bits per heavy atom. The Hall–Kier alpha value is -1.64. The molecule has 3 rings (SSSR count). The number of thioether (sulfide) groups is 1. The van der Waals surface area contributed by atoms with Crippen LogP contribution in [0.4, 0.5) is 0 Å². The van der Waals surface area contributed by atoms with Gasteiger partial charge in [0.05, 0.1) is 24.7 Å². The van der Waals surface area contributed by atoms with E-state index in [0.717, 1.165) is 11.3 Å². The first-order valence-electron chi connectivity index (χ1n) is 7.18. The highest BCUT2D eigenvalue weighted by atomic mass is 35.5. The summed E-state index contributed by atoms with van der Waals surface area (Å²) in [5.41, 5.74) is 1.76. The molecule has 2 aromatic rings. The Morgan fingerprint density at radius 2 is 2.17 bits per heavy atom. The molecule has 0 spiro atoms. The number of aryl methyl sites for hydroxylation is 1. The lowest BCUT2D eigenvalue weighted by atomic mass is 10.2. The van der Waals surface area contributed by atoms with E-state index in [1.807, 2.05) is 19.1 Å². The molecule has 0 atom stereocenters. The van der Waals surface area contributed by atoms with E-state index in [2.05, 4.69) is 15.5 Å². The minimum atomic E-state index is 0.0646. The van der Waals surface area contributed by atoms with Gasteiger partial charge in [0, 0.05) is 18.1 Å². The van der Waals surface area contributed by atoms with E-state index in [9.17, 15) is 4.79 Å². The molecule has 1 aliphatic heterocycles. The van der Waals surface area contributed by atoms with Crippen molar-refractivity contribution < 1.29 is 9.53 Å². The number of amides is 1. The number of aromatic nitrogens is 4. The molecule has 9 heteroatoms. The van der Waals surface area contributed by atoms with E-state index in [1.54, 1.807) is 15.6 Å². The Morgan fingerprint density at radius 3 is 2.91 bits per heavy atom. The van der Waals surface area contributed by atoms with Gasteiger partial charge in [-0.25, -0.2) is 0 Å². The van der Waals surface area contributed by atoms with E-state index in [1.165, 1.54) is 11.8 Å². The second-order valence-corrected chi connectivity index (χ2v) is 6.44. The smallest absolute Gasteiger partial charge is 0.233 e. The fourth-order valence-electron chi connectivity index (χ4n) is 2.17. The molecule has 122 valence electrons. The molecule has 7 nitrogen and oxygen atoms in total. The van der Waals surface area contributed by atoms with Gasteiger partial charge in [0.1, 0.15) is 0 Å². The maximum atomic E-state index is 12.2. The molecule has 2 heterocycles. The maximum Gasteiger partial charge on any atom is 0.233 e. The summed E-state index contributed by atoms with van der Waals surface area (Å²) in [4.78, 5) is 14.0. The maximum absolute atomic E-state index is 12.2. The summed E-state index contributed by atoms with van der Waals surface area (Å²) in [6.45, 7) is 4.39. The standard InChI is InChI=1S/C14H16ClN5O2S/c1-10-2-3-11(8-12(10)15)20-14(16-17-18-20)23-9-13(21)19-4-6-22-7-5-19/h2-3,8H,4-7,9H2,1H3. The molecule has 1 aromatic carbocycles. The third kappa shape index (κ3) is 3.82. The Kier molecular flexibility index (Phi) is 5.14. The predicted octanol–water partition coefficient (Wildman–Crippen LogP) is 1.58. The van der Waals surface area contributed by atoms with E-state index in [4.69, 9.17) is 16.3 Å². The predicted molar refractivity (Wildman–Crippen MR) is 87.0 cm³/mol. The molecule has 0 aliphatic carbocycles. The Balaban J connectivity index is 1.68. The lowest BCUT2D eigenvalue weighted by molar-refractivity contribution is -0.132. The SMILES string of the molecule is Cc1ccc(-n2nnnc2SCC(=O)N2CCOCC2)cc1Cl. The fourth-order valence-corrected chi connectivity index (χ4v) is 3.14. The van der Waals surface area contributed by atoms with Gasteiger partial charge in [-0.15, -0.1) is 5.10 Å². The summed E-state index contributed by atoms with van der Waals surface area (Å²) < 4.78 is 6.83. The van der Waals surface area contributed by atoms with Crippen molar-refractivity contribution in [2.24, 2.45) is 0 Å². The summed E-state index contributed by atoms with van der Waals surface area (Å²) in [5.74, 6) is 0.356. The van der Waals surface area contributed by atoms with Crippen LogP contribution in [0.15, 0.2) is 23.4 Å². The normalized spacial score (nSPS) is 15.0. The summed E-state index contributed by atoms with van der Waals surface area (Å²) >= 11 is 7.46. The van der Waals surface area contributed by atoms with Gasteiger partial charge in [0.2, 0.25) is 11.1 Å². The summed E-state index contributed by atoms with van der Waals surface area (Å²) in [5, 5.41) is 12.9. The number of halogens is 1. The van der Waals surface area contributed by atoms with Crippen molar-refractivity contribution in [3.63, 3.8) is 0 Å². The molecular formula is C14H16ClN5O2S. The van der Waals surface area contributed by atoms with Crippen LogP contribution >= 0.6 is 23.4 Å². The van der Waals surface area contributed by atoms with Crippen LogP contribution in [-0.4, -0.2) is 63.1 Å². The summed E-state index contributed by atoms with van der Waals surface area (Å²) in [6.07, 6.45) is 0. The number of rotatable bonds is 4. The number of morpholine rings is 1. The van der Waals surface area contributed by atoms with Gasteiger partial charge in [-0.3, -0.25) is 4.79 Å². The fraction of sp³-hybridized carbons (Fsp3) is 0.429. The van der Waals surface area contributed by atoms with Crippen molar-refractivity contribution in [3.05, 3.63) is 28.8 Å². The van der Waals surface area contributed by atoms with Gasteiger partial charge in [-0.1, -0.05) is 29.4 Å². The molecule has 0 N–H and O–H groups in total. The first kappa shape index (κ1) is 16.2. The average Bonchev–Trinajstić information content (AvgIpc) is 3.04. The van der Waals surface area contributed by atoms with Crippen LogP contribution in [0.25, 0.3) is 5.69 Å². The van der Waals surface area contributed by atoms with Crippen LogP contribution in [0, 0.1) is 6.92 Å². The number of benzene rings is 1. The highest BCUT2D eigenvalue weighted by molar-refractivity contribution is 7.99. The van der Waals surface area contributed by atoms with Crippen LogP contribution in [0.2, 0.25) is 5.02 Å². The molecule has 1 saturated heterocycles. The van der Waals surface area contributed by atoms with Crippen molar-refractivity contribution >= 4 is 29.3 Å². The zero-order valence-electron chi connectivity index (χ0n) is 12.6. The number of tetrazole rings is 1. The van der Waals surface area contributed by atoms with E-state index in [-0.39, 0.29) is 5.91 Å². The van der Waals surface area contributed by atoms with Crippen LogP contribution < -0.4 is 0 Å². The minimum absolute atomic E-state index is 0.0646. The van der Waals surface area contributed by atoms with Gasteiger partial charge in [-0.2, -0.15) is 4.68 Å². The molecule has 0 bridgehead atoms. The molecule has 1 aliphatic rings. The average molecular weight is 354 g/mol. The first-order chi connectivity index (χ1) is 11.1. The topological polar surface area (TPSA) is 73.1 Å². The van der Waals surface area contributed by atoms with Crippen molar-refractivity contribution in [1.82, 2.24) is 25.1 Å². The second kappa shape index (κ2) is 7.29. The highest BCUT2D eigenvalue weighted by Crippen LogP contribution is 2.23. The van der Waals surface area contributed by atoms with Gasteiger partial charge in [0.25, 0.3) is 0 Å². The summed E-state index contributed by atoms with van der Waals surface area (Å²) in [7, 11) is 0. The molecule has 0 unspecified atom stereocenters. The molecular weight excluding hydrogens is 338 g/mol. The van der Waals surface area contributed by atoms with Gasteiger partial charge in [-0.05, 0) is 35.0 Å². The van der Waals surface area contributed by atoms with Crippen molar-refractivity contribution in [3.8, 4) is 5.69 Å². The number of nitrogens with zero attached hydrogens (tertiary/aromatic N) is 5. The zero-order chi connectivity index (χ0) is 16.2. The van der Waals surface area contributed by atoms with Crippen LogP contribution in [0.3, 0.4) is 0 Å². The summed E-state index contributed by atoms with van der Waals surface area (Å²) in [6, 6.07) is 5.61. The van der Waals surface area contributed by atoms with Gasteiger partial charge < -0.3 is 9.64 Å². The second-order valence-electron chi connectivity index (χ2n) is 5.09. The number of hydrogen-bond acceptors (Lipinski definition) is 6. The Bertz CT molecular complexity index is 702.